The molecule has 1 saturated heterocycles. The van der Waals surface area contributed by atoms with Crippen LogP contribution in [-0.2, 0) is 21.5 Å². The Labute approximate surface area is 202 Å². The highest BCUT2D eigenvalue weighted by atomic mass is 32.1. The summed E-state index contributed by atoms with van der Waals surface area (Å²) in [4.78, 5) is 24.6. The highest BCUT2D eigenvalue weighted by Crippen LogP contribution is 2.53. The molecule has 2 aliphatic rings. The van der Waals surface area contributed by atoms with Crippen molar-refractivity contribution in [3.63, 3.8) is 0 Å². The quantitative estimate of drug-likeness (QED) is 0.327. The Morgan fingerprint density at radius 3 is 2.62 bits per heavy atom. The number of thiazole rings is 1. The van der Waals surface area contributed by atoms with Gasteiger partial charge in [0.1, 0.15) is 15.4 Å². The lowest BCUT2D eigenvalue weighted by atomic mass is 9.92. The number of carbonyl (C=O) groups is 1. The molecule has 6 nitrogen and oxygen atoms in total. The van der Waals surface area contributed by atoms with E-state index in [0.29, 0.717) is 5.69 Å². The summed E-state index contributed by atoms with van der Waals surface area (Å²) in [6.07, 6.45) is 2.26. The van der Waals surface area contributed by atoms with Gasteiger partial charge in [0.25, 0.3) is 0 Å². The van der Waals surface area contributed by atoms with Crippen molar-refractivity contribution in [3.05, 3.63) is 77.5 Å². The van der Waals surface area contributed by atoms with Gasteiger partial charge in [0, 0.05) is 36.3 Å². The van der Waals surface area contributed by atoms with E-state index in [2.05, 4.69) is 53.4 Å². The normalized spacial score (nSPS) is 17.4. The number of pyridine rings is 1. The Balaban J connectivity index is 1.22. The number of anilines is 1. The summed E-state index contributed by atoms with van der Waals surface area (Å²) < 4.78 is 4.82. The molecule has 0 unspecified atom stereocenters. The fraction of sp³-hybridized carbons (Fsp3) is 0.296. The fourth-order valence-electron chi connectivity index (χ4n) is 4.95. The molecule has 1 aliphatic heterocycles. The number of hydrogen-bond acceptors (Lipinski definition) is 7. The summed E-state index contributed by atoms with van der Waals surface area (Å²) in [5, 5.41) is 0.892. The van der Waals surface area contributed by atoms with Gasteiger partial charge in [-0.05, 0) is 48.2 Å². The van der Waals surface area contributed by atoms with E-state index in [4.69, 9.17) is 20.4 Å². The smallest absolute Gasteiger partial charge is 0.311 e. The molecule has 0 radical (unpaired) electrons. The van der Waals surface area contributed by atoms with Crippen LogP contribution in [0.3, 0.4) is 0 Å². The summed E-state index contributed by atoms with van der Waals surface area (Å²) >= 11 is 1.60. The Bertz CT molecular complexity index is 1370. The number of methoxy groups -OCH3 is 1. The van der Waals surface area contributed by atoms with Crippen LogP contribution in [0.15, 0.2) is 60.7 Å². The topological polar surface area (TPSA) is 81.3 Å². The summed E-state index contributed by atoms with van der Waals surface area (Å²) in [6, 6.07) is 21.0. The maximum absolute atomic E-state index is 11.6. The van der Waals surface area contributed by atoms with Gasteiger partial charge in [-0.15, -0.1) is 0 Å². The van der Waals surface area contributed by atoms with Crippen LogP contribution in [0.25, 0.3) is 20.9 Å². The number of rotatable bonds is 6. The fourth-order valence-corrected chi connectivity index (χ4v) is 5.94. The predicted molar refractivity (Wildman–Crippen MR) is 135 cm³/mol. The molecule has 1 aliphatic carbocycles. The minimum absolute atomic E-state index is 0.0153. The van der Waals surface area contributed by atoms with Crippen molar-refractivity contribution in [1.82, 2.24) is 14.9 Å². The third-order valence-electron chi connectivity index (χ3n) is 7.07. The molecule has 2 N–H and O–H groups in total. The monoisotopic (exact) mass is 470 g/mol. The summed E-state index contributed by atoms with van der Waals surface area (Å²) in [5.41, 5.74) is 12.6. The van der Waals surface area contributed by atoms with Crippen LogP contribution in [0.2, 0.25) is 0 Å². The van der Waals surface area contributed by atoms with Crippen molar-refractivity contribution in [2.24, 2.45) is 5.92 Å². The molecular formula is C27H26N4O2S. The number of nitrogens with zero attached hydrogens (tertiary/aromatic N) is 3. The largest absolute Gasteiger partial charge is 0.469 e. The van der Waals surface area contributed by atoms with Crippen LogP contribution in [0.1, 0.15) is 29.7 Å². The van der Waals surface area contributed by atoms with E-state index >= 15 is 0 Å². The average Bonchev–Trinajstić information content (AvgIpc) is 3.54. The second-order valence-electron chi connectivity index (χ2n) is 9.32. The Hall–Kier alpha value is -3.29. The van der Waals surface area contributed by atoms with Crippen LogP contribution >= 0.6 is 11.3 Å². The SMILES string of the molecule is COC(=O)C1CN(Cc2ccc(-c3nc4ccc(C5(c6ccccc6)CC5)nc4s3)c(N)c2)C1. The van der Waals surface area contributed by atoms with Crippen LogP contribution in [0.4, 0.5) is 5.69 Å². The van der Waals surface area contributed by atoms with Gasteiger partial charge in [0.2, 0.25) is 0 Å². The van der Waals surface area contributed by atoms with Gasteiger partial charge in [-0.1, -0.05) is 47.7 Å². The first-order chi connectivity index (χ1) is 16.6. The van der Waals surface area contributed by atoms with Crippen LogP contribution in [0, 0.1) is 5.92 Å². The lowest BCUT2D eigenvalue weighted by Crippen LogP contribution is -2.49. The number of fused-ring (bicyclic) bond motifs is 1. The summed E-state index contributed by atoms with van der Waals surface area (Å²) in [6.45, 7) is 2.22. The van der Waals surface area contributed by atoms with E-state index in [-0.39, 0.29) is 17.3 Å². The molecule has 6 rings (SSSR count). The van der Waals surface area contributed by atoms with E-state index in [1.165, 1.54) is 12.7 Å². The van der Waals surface area contributed by atoms with E-state index in [9.17, 15) is 4.79 Å². The van der Waals surface area contributed by atoms with Crippen LogP contribution in [0.5, 0.6) is 0 Å². The van der Waals surface area contributed by atoms with Crippen molar-refractivity contribution >= 4 is 33.3 Å². The van der Waals surface area contributed by atoms with Crippen molar-refractivity contribution in [1.29, 1.82) is 0 Å². The maximum atomic E-state index is 11.6. The van der Waals surface area contributed by atoms with E-state index in [1.54, 1.807) is 11.3 Å². The maximum Gasteiger partial charge on any atom is 0.311 e. The Morgan fingerprint density at radius 2 is 1.91 bits per heavy atom. The highest BCUT2D eigenvalue weighted by Gasteiger charge is 2.47. The number of ether oxygens (including phenoxy) is 1. The molecule has 172 valence electrons. The first-order valence-corrected chi connectivity index (χ1v) is 12.4. The molecule has 0 amide bonds. The minimum atomic E-state index is -0.130. The molecule has 7 heteroatoms. The molecule has 1 saturated carbocycles. The number of likely N-dealkylation sites (tertiary alicyclic amines) is 1. The molecule has 0 atom stereocenters. The molecular weight excluding hydrogens is 444 g/mol. The number of nitrogen functional groups attached to an aromatic ring is 1. The Kier molecular flexibility index (Phi) is 5.12. The number of nitrogens with two attached hydrogens (primary N) is 1. The van der Waals surface area contributed by atoms with Gasteiger partial charge >= 0.3 is 5.97 Å². The molecule has 0 spiro atoms. The van der Waals surface area contributed by atoms with Crippen molar-refractivity contribution in [3.8, 4) is 10.6 Å². The van der Waals surface area contributed by atoms with Gasteiger partial charge < -0.3 is 10.5 Å². The minimum Gasteiger partial charge on any atom is -0.469 e. The zero-order chi connectivity index (χ0) is 23.3. The molecule has 0 bridgehead atoms. The number of hydrogen-bond donors (Lipinski definition) is 1. The second kappa shape index (κ2) is 8.18. The first kappa shape index (κ1) is 21.3. The third kappa shape index (κ3) is 3.65. The Morgan fingerprint density at radius 1 is 1.12 bits per heavy atom. The standard InChI is InChI=1S/C27H26N4O2S/c1-33-26(32)18-15-31(16-18)14-17-7-8-20(21(28)13-17)24-29-22-9-10-23(30-25(22)34-24)27(11-12-27)19-5-3-2-4-6-19/h2-10,13,18H,11-12,14-16,28H2,1H3. The number of benzene rings is 2. The number of carbonyl (C=O) groups excluding carboxylic acids is 1. The highest BCUT2D eigenvalue weighted by molar-refractivity contribution is 7.21. The molecule has 2 aromatic heterocycles. The third-order valence-corrected chi connectivity index (χ3v) is 8.06. The van der Waals surface area contributed by atoms with E-state index in [1.807, 2.05) is 12.1 Å². The zero-order valence-electron chi connectivity index (χ0n) is 19.0. The lowest BCUT2D eigenvalue weighted by Gasteiger charge is -2.37. The van der Waals surface area contributed by atoms with Gasteiger partial charge in [-0.2, -0.15) is 0 Å². The zero-order valence-corrected chi connectivity index (χ0v) is 19.8. The summed E-state index contributed by atoms with van der Waals surface area (Å²) in [7, 11) is 1.44. The molecule has 3 heterocycles. The average molecular weight is 471 g/mol. The second-order valence-corrected chi connectivity index (χ2v) is 10.3. The van der Waals surface area contributed by atoms with Crippen LogP contribution < -0.4 is 5.73 Å². The summed E-state index contributed by atoms with van der Waals surface area (Å²) in [5.74, 6) is -0.145. The van der Waals surface area contributed by atoms with Gasteiger partial charge in [0.15, 0.2) is 0 Å². The predicted octanol–water partition coefficient (Wildman–Crippen LogP) is 4.63. The molecule has 2 fully saturated rings. The molecule has 2 aromatic carbocycles. The van der Waals surface area contributed by atoms with Gasteiger partial charge in [0.05, 0.1) is 18.7 Å². The lowest BCUT2D eigenvalue weighted by molar-refractivity contribution is -0.151. The molecule has 4 aromatic rings. The van der Waals surface area contributed by atoms with E-state index < -0.39 is 0 Å². The van der Waals surface area contributed by atoms with Crippen molar-refractivity contribution in [2.75, 3.05) is 25.9 Å². The van der Waals surface area contributed by atoms with Crippen LogP contribution in [-0.4, -0.2) is 41.0 Å². The molecule has 34 heavy (non-hydrogen) atoms. The van der Waals surface area contributed by atoms with Crippen molar-refractivity contribution in [2.45, 2.75) is 24.8 Å². The number of esters is 1. The number of aromatic nitrogens is 2. The van der Waals surface area contributed by atoms with Gasteiger partial charge in [-0.25, -0.2) is 9.97 Å². The van der Waals surface area contributed by atoms with Crippen molar-refractivity contribution < 1.29 is 9.53 Å². The van der Waals surface area contributed by atoms with E-state index in [0.717, 1.165) is 64.7 Å². The van der Waals surface area contributed by atoms with Gasteiger partial charge in [-0.3, -0.25) is 9.69 Å². The first-order valence-electron chi connectivity index (χ1n) is 11.6.